The topological polar surface area (TPSA) is 39.2 Å². The molecule has 1 atom stereocenters. The normalized spacial score (nSPS) is 12.8. The molecule has 2 aromatic rings. The first kappa shape index (κ1) is 11.2. The molecule has 0 aliphatic carbocycles. The van der Waals surface area contributed by atoms with E-state index >= 15 is 0 Å². The predicted molar refractivity (Wildman–Crippen MR) is 65.7 cm³/mol. The Hall–Kier alpha value is -1.25. The molecule has 0 aliphatic heterocycles. The van der Waals surface area contributed by atoms with E-state index in [0.29, 0.717) is 0 Å². The van der Waals surface area contributed by atoms with Crippen LogP contribution in [-0.4, -0.2) is 0 Å². The van der Waals surface area contributed by atoms with Gasteiger partial charge in [-0.2, -0.15) is 0 Å². The molecule has 0 aliphatic rings. The Balaban J connectivity index is 2.33. The number of rotatable bonds is 2. The lowest BCUT2D eigenvalue weighted by atomic mass is 10.0. The standard InChI is InChI=1S/C13H14ClNO/c1-8-7-10(4-5-11(8)14)13(15)12-6-3-9(2)16-12/h3-7,13H,15H2,1-2H3. The third kappa shape index (κ3) is 2.13. The van der Waals surface area contributed by atoms with Gasteiger partial charge in [-0.3, -0.25) is 0 Å². The summed E-state index contributed by atoms with van der Waals surface area (Å²) in [5.74, 6) is 1.65. The van der Waals surface area contributed by atoms with E-state index in [4.69, 9.17) is 21.8 Å². The van der Waals surface area contributed by atoms with Gasteiger partial charge in [0.25, 0.3) is 0 Å². The second kappa shape index (κ2) is 4.32. The minimum Gasteiger partial charge on any atom is -0.464 e. The Labute approximate surface area is 100 Å². The fraction of sp³-hybridized carbons (Fsp3) is 0.231. The molecule has 3 heteroatoms. The van der Waals surface area contributed by atoms with Crippen LogP contribution in [0, 0.1) is 13.8 Å². The molecule has 1 aromatic carbocycles. The lowest BCUT2D eigenvalue weighted by molar-refractivity contribution is 0.466. The highest BCUT2D eigenvalue weighted by molar-refractivity contribution is 6.31. The molecule has 2 N–H and O–H groups in total. The fourth-order valence-corrected chi connectivity index (χ4v) is 1.76. The molecule has 0 saturated carbocycles. The highest BCUT2D eigenvalue weighted by Gasteiger charge is 2.13. The van der Waals surface area contributed by atoms with E-state index in [1.807, 2.05) is 44.2 Å². The van der Waals surface area contributed by atoms with Gasteiger partial charge in [0.15, 0.2) is 0 Å². The van der Waals surface area contributed by atoms with Crippen molar-refractivity contribution in [3.8, 4) is 0 Å². The first-order valence-electron chi connectivity index (χ1n) is 5.16. The Morgan fingerprint density at radius 1 is 1.19 bits per heavy atom. The molecule has 0 amide bonds. The minimum absolute atomic E-state index is 0.232. The van der Waals surface area contributed by atoms with Gasteiger partial charge in [-0.25, -0.2) is 0 Å². The molecule has 84 valence electrons. The van der Waals surface area contributed by atoms with Crippen LogP contribution < -0.4 is 5.73 Å². The molecule has 1 heterocycles. The Morgan fingerprint density at radius 2 is 1.94 bits per heavy atom. The molecule has 2 rings (SSSR count). The fourth-order valence-electron chi connectivity index (χ4n) is 1.65. The van der Waals surface area contributed by atoms with E-state index < -0.39 is 0 Å². The van der Waals surface area contributed by atoms with Crippen molar-refractivity contribution in [1.82, 2.24) is 0 Å². The number of aryl methyl sites for hydroxylation is 2. The van der Waals surface area contributed by atoms with Crippen LogP contribution in [0.25, 0.3) is 0 Å². The van der Waals surface area contributed by atoms with Gasteiger partial charge in [0.05, 0.1) is 6.04 Å². The number of hydrogen-bond acceptors (Lipinski definition) is 2. The first-order valence-corrected chi connectivity index (χ1v) is 5.53. The average molecular weight is 236 g/mol. The Kier molecular flexibility index (Phi) is 3.03. The molecule has 0 bridgehead atoms. The smallest absolute Gasteiger partial charge is 0.125 e. The third-order valence-corrected chi connectivity index (χ3v) is 3.03. The van der Waals surface area contributed by atoms with Crippen molar-refractivity contribution in [2.45, 2.75) is 19.9 Å². The summed E-state index contributed by atoms with van der Waals surface area (Å²) in [6, 6.07) is 9.37. The van der Waals surface area contributed by atoms with Crippen molar-refractivity contribution in [3.05, 3.63) is 58.0 Å². The van der Waals surface area contributed by atoms with Crippen LogP contribution >= 0.6 is 11.6 Å². The van der Waals surface area contributed by atoms with E-state index in [-0.39, 0.29) is 6.04 Å². The van der Waals surface area contributed by atoms with Gasteiger partial charge < -0.3 is 10.2 Å². The number of benzene rings is 1. The summed E-state index contributed by atoms with van der Waals surface area (Å²) in [6.45, 7) is 3.87. The molecule has 0 fully saturated rings. The monoisotopic (exact) mass is 235 g/mol. The number of furan rings is 1. The van der Waals surface area contributed by atoms with Crippen molar-refractivity contribution in [2.75, 3.05) is 0 Å². The van der Waals surface area contributed by atoms with Crippen LogP contribution in [0.15, 0.2) is 34.7 Å². The van der Waals surface area contributed by atoms with E-state index in [1.54, 1.807) is 0 Å². The van der Waals surface area contributed by atoms with Crippen LogP contribution in [0.1, 0.15) is 28.7 Å². The van der Waals surface area contributed by atoms with Crippen LogP contribution in [0.3, 0.4) is 0 Å². The summed E-state index contributed by atoms with van der Waals surface area (Å²) < 4.78 is 5.51. The van der Waals surface area contributed by atoms with E-state index in [9.17, 15) is 0 Å². The summed E-state index contributed by atoms with van der Waals surface area (Å²) >= 11 is 5.97. The number of halogens is 1. The molecule has 2 nitrogen and oxygen atoms in total. The van der Waals surface area contributed by atoms with Gasteiger partial charge in [-0.1, -0.05) is 23.7 Å². The summed E-state index contributed by atoms with van der Waals surface area (Å²) in [4.78, 5) is 0. The molecule has 1 unspecified atom stereocenters. The zero-order valence-electron chi connectivity index (χ0n) is 9.33. The molecule has 16 heavy (non-hydrogen) atoms. The van der Waals surface area contributed by atoms with Crippen molar-refractivity contribution in [3.63, 3.8) is 0 Å². The highest BCUT2D eigenvalue weighted by Crippen LogP contribution is 2.25. The van der Waals surface area contributed by atoms with Gasteiger partial charge in [0.1, 0.15) is 11.5 Å². The lowest BCUT2D eigenvalue weighted by Gasteiger charge is -2.10. The quantitative estimate of drug-likeness (QED) is 0.864. The van der Waals surface area contributed by atoms with Gasteiger partial charge >= 0.3 is 0 Å². The minimum atomic E-state index is -0.232. The number of hydrogen-bond donors (Lipinski definition) is 1. The largest absolute Gasteiger partial charge is 0.464 e. The third-order valence-electron chi connectivity index (χ3n) is 2.61. The molecular formula is C13H14ClNO. The zero-order chi connectivity index (χ0) is 11.7. The van der Waals surface area contributed by atoms with Crippen LogP contribution in [0.2, 0.25) is 5.02 Å². The van der Waals surface area contributed by atoms with Crippen LogP contribution in [-0.2, 0) is 0 Å². The van der Waals surface area contributed by atoms with Crippen LogP contribution in [0.4, 0.5) is 0 Å². The summed E-state index contributed by atoms with van der Waals surface area (Å²) in [7, 11) is 0. The van der Waals surface area contributed by atoms with Crippen molar-refractivity contribution in [1.29, 1.82) is 0 Å². The Morgan fingerprint density at radius 3 is 2.50 bits per heavy atom. The van der Waals surface area contributed by atoms with Crippen molar-refractivity contribution in [2.24, 2.45) is 5.73 Å². The van der Waals surface area contributed by atoms with Crippen molar-refractivity contribution >= 4 is 11.6 Å². The molecule has 1 aromatic heterocycles. The van der Waals surface area contributed by atoms with Gasteiger partial charge in [-0.05, 0) is 43.2 Å². The lowest BCUT2D eigenvalue weighted by Crippen LogP contribution is -2.10. The summed E-state index contributed by atoms with van der Waals surface area (Å²) in [5, 5.41) is 0.756. The zero-order valence-corrected chi connectivity index (χ0v) is 10.1. The molecule has 0 spiro atoms. The van der Waals surface area contributed by atoms with Gasteiger partial charge in [-0.15, -0.1) is 0 Å². The maximum atomic E-state index is 6.11. The SMILES string of the molecule is Cc1ccc(C(N)c2ccc(Cl)c(C)c2)o1. The first-order chi connectivity index (χ1) is 7.58. The van der Waals surface area contributed by atoms with E-state index in [0.717, 1.165) is 27.7 Å². The second-order valence-corrected chi connectivity index (χ2v) is 4.34. The van der Waals surface area contributed by atoms with Crippen LogP contribution in [0.5, 0.6) is 0 Å². The highest BCUT2D eigenvalue weighted by atomic mass is 35.5. The summed E-state index contributed by atoms with van der Waals surface area (Å²) in [5.41, 5.74) is 8.15. The second-order valence-electron chi connectivity index (χ2n) is 3.93. The van der Waals surface area contributed by atoms with Crippen molar-refractivity contribution < 1.29 is 4.42 Å². The number of nitrogens with two attached hydrogens (primary N) is 1. The van der Waals surface area contributed by atoms with Gasteiger partial charge in [0, 0.05) is 5.02 Å². The Bertz CT molecular complexity index is 504. The van der Waals surface area contributed by atoms with E-state index in [1.165, 1.54) is 0 Å². The summed E-state index contributed by atoms with van der Waals surface area (Å²) in [6.07, 6.45) is 0. The van der Waals surface area contributed by atoms with E-state index in [2.05, 4.69) is 0 Å². The molecule has 0 radical (unpaired) electrons. The predicted octanol–water partition coefficient (Wildman–Crippen LogP) is 3.60. The molecule has 0 saturated heterocycles. The maximum Gasteiger partial charge on any atom is 0.125 e. The maximum absolute atomic E-state index is 6.11. The van der Waals surface area contributed by atoms with Gasteiger partial charge in [0.2, 0.25) is 0 Å². The molecular weight excluding hydrogens is 222 g/mol. The average Bonchev–Trinajstić information content (AvgIpc) is 2.68.